The van der Waals surface area contributed by atoms with Gasteiger partial charge in [0.15, 0.2) is 0 Å². The minimum Gasteiger partial charge on any atom is -0.339 e. The summed E-state index contributed by atoms with van der Waals surface area (Å²) >= 11 is 0. The van der Waals surface area contributed by atoms with Crippen LogP contribution in [0.25, 0.3) is 0 Å². The molecule has 18 heavy (non-hydrogen) atoms. The molecule has 1 aromatic carbocycles. The first-order valence-corrected chi connectivity index (χ1v) is 6.29. The lowest BCUT2D eigenvalue weighted by Gasteiger charge is -2.35. The number of carbonyl (C=O) groups excluding carboxylic acids is 1. The number of benzene rings is 1. The molecule has 0 atom stereocenters. The van der Waals surface area contributed by atoms with Crippen LogP contribution in [0.3, 0.4) is 0 Å². The van der Waals surface area contributed by atoms with Crippen molar-refractivity contribution in [1.82, 2.24) is 9.80 Å². The summed E-state index contributed by atoms with van der Waals surface area (Å²) in [5, 5.41) is 0. The topological polar surface area (TPSA) is 23.6 Å². The number of carbonyl (C=O) groups is 1. The molecule has 0 aromatic heterocycles. The van der Waals surface area contributed by atoms with E-state index < -0.39 is 0 Å². The Morgan fingerprint density at radius 1 is 1.33 bits per heavy atom. The number of nitrogens with zero attached hydrogens (tertiary/aromatic N) is 2. The van der Waals surface area contributed by atoms with Gasteiger partial charge in [0.25, 0.3) is 5.91 Å². The quantitative estimate of drug-likeness (QED) is 0.801. The van der Waals surface area contributed by atoms with Crippen molar-refractivity contribution in [3.8, 4) is 0 Å². The fourth-order valence-corrected chi connectivity index (χ4v) is 2.39. The summed E-state index contributed by atoms with van der Waals surface area (Å²) in [7, 11) is 4.13. The Labute approximate surface area is 107 Å². The van der Waals surface area contributed by atoms with Crippen molar-refractivity contribution in [1.29, 1.82) is 0 Å². The summed E-state index contributed by atoms with van der Waals surface area (Å²) in [4.78, 5) is 16.2. The molecule has 1 heterocycles. The van der Waals surface area contributed by atoms with Crippen LogP contribution >= 0.6 is 0 Å². The largest absolute Gasteiger partial charge is 0.339 e. The number of amides is 1. The van der Waals surface area contributed by atoms with E-state index in [0.29, 0.717) is 11.6 Å². The van der Waals surface area contributed by atoms with Crippen LogP contribution in [0.5, 0.6) is 0 Å². The van der Waals surface area contributed by atoms with Gasteiger partial charge in [-0.3, -0.25) is 4.79 Å². The lowest BCUT2D eigenvalue weighted by atomic mass is 10.0. The van der Waals surface area contributed by atoms with Gasteiger partial charge in [0.1, 0.15) is 5.82 Å². The van der Waals surface area contributed by atoms with E-state index in [1.54, 1.807) is 12.1 Å². The Morgan fingerprint density at radius 2 is 2.00 bits per heavy atom. The zero-order valence-corrected chi connectivity index (χ0v) is 10.9. The van der Waals surface area contributed by atoms with Gasteiger partial charge in [-0.25, -0.2) is 4.39 Å². The first-order chi connectivity index (χ1) is 8.58. The second-order valence-electron chi connectivity index (χ2n) is 5.00. The van der Waals surface area contributed by atoms with Crippen molar-refractivity contribution < 1.29 is 9.18 Å². The van der Waals surface area contributed by atoms with Crippen molar-refractivity contribution in [2.45, 2.75) is 18.9 Å². The molecule has 0 N–H and O–H groups in total. The highest BCUT2D eigenvalue weighted by Crippen LogP contribution is 2.17. The van der Waals surface area contributed by atoms with Crippen molar-refractivity contribution in [2.75, 3.05) is 27.2 Å². The minimum atomic E-state index is -0.357. The predicted octanol–water partition coefficient (Wildman–Crippen LogP) is 1.99. The summed E-state index contributed by atoms with van der Waals surface area (Å²) in [6.07, 6.45) is 1.96. The van der Waals surface area contributed by atoms with Gasteiger partial charge in [0, 0.05) is 24.7 Å². The van der Waals surface area contributed by atoms with E-state index in [-0.39, 0.29) is 11.7 Å². The molecule has 4 heteroatoms. The molecule has 0 spiro atoms. The van der Waals surface area contributed by atoms with Crippen molar-refractivity contribution in [3.05, 3.63) is 35.6 Å². The molecule has 1 aromatic rings. The number of halogens is 1. The Morgan fingerprint density at radius 3 is 2.56 bits per heavy atom. The van der Waals surface area contributed by atoms with E-state index in [1.807, 2.05) is 4.90 Å². The molecule has 0 bridgehead atoms. The molecular weight excluding hydrogens is 231 g/mol. The van der Waals surface area contributed by atoms with Crippen LogP contribution in [-0.4, -0.2) is 48.9 Å². The van der Waals surface area contributed by atoms with Gasteiger partial charge in [-0.05, 0) is 45.1 Å². The number of rotatable bonds is 2. The van der Waals surface area contributed by atoms with E-state index >= 15 is 0 Å². The summed E-state index contributed by atoms with van der Waals surface area (Å²) in [5.41, 5.74) is 0.443. The van der Waals surface area contributed by atoms with Gasteiger partial charge in [-0.1, -0.05) is 6.07 Å². The molecule has 0 unspecified atom stereocenters. The third-order valence-corrected chi connectivity index (χ3v) is 3.55. The molecule has 1 fully saturated rings. The highest BCUT2D eigenvalue weighted by molar-refractivity contribution is 5.94. The van der Waals surface area contributed by atoms with Crippen molar-refractivity contribution in [3.63, 3.8) is 0 Å². The van der Waals surface area contributed by atoms with Gasteiger partial charge < -0.3 is 9.80 Å². The summed E-state index contributed by atoms with van der Waals surface area (Å²) in [5.74, 6) is -0.421. The molecule has 0 saturated carbocycles. The van der Waals surface area contributed by atoms with Crippen LogP contribution < -0.4 is 0 Å². The maximum absolute atomic E-state index is 13.1. The molecular formula is C14H19FN2O. The average Bonchev–Trinajstić information content (AvgIpc) is 2.38. The van der Waals surface area contributed by atoms with Crippen LogP contribution in [0, 0.1) is 5.82 Å². The fourth-order valence-electron chi connectivity index (χ4n) is 2.39. The highest BCUT2D eigenvalue weighted by atomic mass is 19.1. The number of piperidine rings is 1. The Kier molecular flexibility index (Phi) is 3.97. The first kappa shape index (κ1) is 13.0. The molecule has 2 rings (SSSR count). The lowest BCUT2D eigenvalue weighted by Crippen LogP contribution is -2.44. The number of hydrogen-bond acceptors (Lipinski definition) is 2. The molecule has 1 amide bonds. The molecule has 1 saturated heterocycles. The molecule has 98 valence electrons. The van der Waals surface area contributed by atoms with Gasteiger partial charge >= 0.3 is 0 Å². The molecule has 0 aliphatic carbocycles. The van der Waals surface area contributed by atoms with Gasteiger partial charge in [0.2, 0.25) is 0 Å². The second-order valence-corrected chi connectivity index (χ2v) is 5.00. The fraction of sp³-hybridized carbons (Fsp3) is 0.500. The van der Waals surface area contributed by atoms with Crippen LogP contribution in [-0.2, 0) is 0 Å². The van der Waals surface area contributed by atoms with E-state index in [2.05, 4.69) is 19.0 Å². The van der Waals surface area contributed by atoms with E-state index in [9.17, 15) is 9.18 Å². The molecule has 1 aliphatic rings. The SMILES string of the molecule is CN(C)C1CCN(C(=O)c2cccc(F)c2)CC1. The Bertz CT molecular complexity index is 426. The first-order valence-electron chi connectivity index (χ1n) is 6.29. The van der Waals surface area contributed by atoms with E-state index in [1.165, 1.54) is 12.1 Å². The summed E-state index contributed by atoms with van der Waals surface area (Å²) < 4.78 is 13.1. The molecule has 1 aliphatic heterocycles. The van der Waals surface area contributed by atoms with Crippen LogP contribution in [0.15, 0.2) is 24.3 Å². The van der Waals surface area contributed by atoms with Crippen LogP contribution in [0.4, 0.5) is 4.39 Å². The van der Waals surface area contributed by atoms with Crippen LogP contribution in [0.2, 0.25) is 0 Å². The zero-order chi connectivity index (χ0) is 13.1. The lowest BCUT2D eigenvalue weighted by molar-refractivity contribution is 0.0663. The number of hydrogen-bond donors (Lipinski definition) is 0. The van der Waals surface area contributed by atoms with Crippen molar-refractivity contribution >= 4 is 5.91 Å². The molecule has 0 radical (unpaired) electrons. The Hall–Kier alpha value is -1.42. The predicted molar refractivity (Wildman–Crippen MR) is 69.0 cm³/mol. The van der Waals surface area contributed by atoms with Gasteiger partial charge in [-0.2, -0.15) is 0 Å². The normalized spacial score (nSPS) is 17.2. The van der Waals surface area contributed by atoms with Crippen LogP contribution in [0.1, 0.15) is 23.2 Å². The zero-order valence-electron chi connectivity index (χ0n) is 10.9. The van der Waals surface area contributed by atoms with E-state index in [0.717, 1.165) is 25.9 Å². The average molecular weight is 250 g/mol. The minimum absolute atomic E-state index is 0.0632. The van der Waals surface area contributed by atoms with Gasteiger partial charge in [-0.15, -0.1) is 0 Å². The monoisotopic (exact) mass is 250 g/mol. The smallest absolute Gasteiger partial charge is 0.253 e. The Balaban J connectivity index is 1.99. The molecule has 3 nitrogen and oxygen atoms in total. The number of likely N-dealkylation sites (tertiary alicyclic amines) is 1. The second kappa shape index (κ2) is 5.48. The van der Waals surface area contributed by atoms with Gasteiger partial charge in [0.05, 0.1) is 0 Å². The standard InChI is InChI=1S/C14H19FN2O/c1-16(2)13-6-8-17(9-7-13)14(18)11-4-3-5-12(15)10-11/h3-5,10,13H,6-9H2,1-2H3. The third-order valence-electron chi connectivity index (χ3n) is 3.55. The maximum Gasteiger partial charge on any atom is 0.253 e. The van der Waals surface area contributed by atoms with Crippen molar-refractivity contribution in [2.24, 2.45) is 0 Å². The maximum atomic E-state index is 13.1. The summed E-state index contributed by atoms with van der Waals surface area (Å²) in [6.45, 7) is 1.50. The highest BCUT2D eigenvalue weighted by Gasteiger charge is 2.24. The summed E-state index contributed by atoms with van der Waals surface area (Å²) in [6, 6.07) is 6.45. The third kappa shape index (κ3) is 2.88. The van der Waals surface area contributed by atoms with E-state index in [4.69, 9.17) is 0 Å².